The first-order valence-electron chi connectivity index (χ1n) is 9.35. The maximum Gasteiger partial charge on any atom is 0.387 e. The molecule has 2 rings (SSSR count). The lowest BCUT2D eigenvalue weighted by Crippen LogP contribution is -2.32. The first-order valence-corrected chi connectivity index (χ1v) is 10.8. The number of hydrogen-bond acceptors (Lipinski definition) is 4. The number of benzene rings is 2. The van der Waals surface area contributed by atoms with E-state index in [9.17, 15) is 22.0 Å². The zero-order valence-corrected chi connectivity index (χ0v) is 18.2. The summed E-state index contributed by atoms with van der Waals surface area (Å²) >= 11 is 0. The molecule has 0 bridgehead atoms. The molecule has 0 saturated carbocycles. The van der Waals surface area contributed by atoms with Crippen molar-refractivity contribution in [1.29, 1.82) is 0 Å². The summed E-state index contributed by atoms with van der Waals surface area (Å²) in [6, 6.07) is 9.59. The lowest BCUT2D eigenvalue weighted by atomic mass is 10.1. The predicted octanol–water partition coefficient (Wildman–Crippen LogP) is 3.54. The van der Waals surface area contributed by atoms with E-state index in [0.29, 0.717) is 11.1 Å². The Balaban J connectivity index is 1.91. The Morgan fingerprint density at radius 1 is 1.10 bits per heavy atom. The Hall–Kier alpha value is -2.52. The summed E-state index contributed by atoms with van der Waals surface area (Å²) in [7, 11) is -2.14. The van der Waals surface area contributed by atoms with Crippen LogP contribution in [0.25, 0.3) is 0 Å². The summed E-state index contributed by atoms with van der Waals surface area (Å²) in [4.78, 5) is 14.0. The first-order chi connectivity index (χ1) is 14.0. The lowest BCUT2D eigenvalue weighted by Gasteiger charge is -2.18. The van der Waals surface area contributed by atoms with Crippen LogP contribution in [0.4, 0.5) is 8.78 Å². The van der Waals surface area contributed by atoms with E-state index in [1.165, 1.54) is 17.0 Å². The number of carbonyl (C=O) groups excluding carboxylic acids is 1. The van der Waals surface area contributed by atoms with Crippen LogP contribution in [0.5, 0.6) is 5.75 Å². The molecule has 9 heteroatoms. The smallest absolute Gasteiger partial charge is 0.387 e. The summed E-state index contributed by atoms with van der Waals surface area (Å²) in [5.74, 6) is -0.207. The van der Waals surface area contributed by atoms with Gasteiger partial charge >= 0.3 is 6.61 Å². The molecule has 0 aromatic heterocycles. The second-order valence-electron chi connectivity index (χ2n) is 7.15. The number of carbonyl (C=O) groups is 1. The van der Waals surface area contributed by atoms with Crippen LogP contribution < -0.4 is 9.46 Å². The van der Waals surface area contributed by atoms with Crippen molar-refractivity contribution >= 4 is 15.9 Å². The highest BCUT2D eigenvalue weighted by Gasteiger charge is 2.20. The van der Waals surface area contributed by atoms with Crippen molar-refractivity contribution in [1.82, 2.24) is 9.62 Å². The van der Waals surface area contributed by atoms with Crippen molar-refractivity contribution in [3.8, 4) is 5.75 Å². The fourth-order valence-electron chi connectivity index (χ4n) is 3.28. The SMILES string of the molecule is Cc1cc(C)c(S(=O)(=O)NCCC(=O)N(C)Cc2ccc(OC(F)F)cc2)c(C)c1. The van der Waals surface area contributed by atoms with E-state index in [-0.39, 0.29) is 36.1 Å². The first kappa shape index (κ1) is 23.8. The number of sulfonamides is 1. The number of hydrogen-bond donors (Lipinski definition) is 1. The highest BCUT2D eigenvalue weighted by atomic mass is 32.2. The fourth-order valence-corrected chi connectivity index (χ4v) is 4.77. The third-order valence-corrected chi connectivity index (χ3v) is 6.26. The van der Waals surface area contributed by atoms with Crippen molar-refractivity contribution in [2.45, 2.75) is 45.2 Å². The van der Waals surface area contributed by atoms with Crippen LogP contribution >= 0.6 is 0 Å². The van der Waals surface area contributed by atoms with Gasteiger partial charge in [-0.2, -0.15) is 8.78 Å². The number of ether oxygens (including phenoxy) is 1. The molecular formula is C21H26F2N2O4S. The molecule has 0 saturated heterocycles. The van der Waals surface area contributed by atoms with Gasteiger partial charge in [-0.1, -0.05) is 29.8 Å². The van der Waals surface area contributed by atoms with Crippen LogP contribution in [0.1, 0.15) is 28.7 Å². The number of alkyl halides is 2. The highest BCUT2D eigenvalue weighted by molar-refractivity contribution is 7.89. The molecule has 2 aromatic rings. The van der Waals surface area contributed by atoms with Crippen LogP contribution in [-0.2, 0) is 21.4 Å². The molecule has 0 aliphatic carbocycles. The molecule has 0 spiro atoms. The zero-order valence-electron chi connectivity index (χ0n) is 17.4. The molecule has 0 unspecified atom stereocenters. The van der Waals surface area contributed by atoms with Crippen molar-refractivity contribution in [2.24, 2.45) is 0 Å². The molecular weight excluding hydrogens is 414 g/mol. The molecule has 0 radical (unpaired) electrons. The van der Waals surface area contributed by atoms with Gasteiger partial charge in [-0.25, -0.2) is 13.1 Å². The van der Waals surface area contributed by atoms with Gasteiger partial charge in [0.05, 0.1) is 4.90 Å². The maximum atomic E-state index is 12.6. The van der Waals surface area contributed by atoms with Crippen molar-refractivity contribution in [3.05, 3.63) is 58.7 Å². The average Bonchev–Trinajstić information content (AvgIpc) is 2.61. The van der Waals surface area contributed by atoms with Crippen LogP contribution in [0.3, 0.4) is 0 Å². The fraction of sp³-hybridized carbons (Fsp3) is 0.381. The molecule has 0 aliphatic heterocycles. The molecule has 0 atom stereocenters. The van der Waals surface area contributed by atoms with E-state index in [2.05, 4.69) is 9.46 Å². The van der Waals surface area contributed by atoms with Crippen molar-refractivity contribution in [2.75, 3.05) is 13.6 Å². The van der Waals surface area contributed by atoms with Gasteiger partial charge in [0, 0.05) is 26.6 Å². The standard InChI is InChI=1S/C21H26F2N2O4S/c1-14-11-15(2)20(16(3)12-14)30(27,28)24-10-9-19(26)25(4)13-17-5-7-18(8-6-17)29-21(22)23/h5-8,11-12,21,24H,9-10,13H2,1-4H3. The number of amides is 1. The van der Waals surface area contributed by atoms with Gasteiger partial charge in [-0.05, 0) is 49.6 Å². The minimum atomic E-state index is -3.73. The van der Waals surface area contributed by atoms with Gasteiger partial charge in [0.25, 0.3) is 0 Å². The minimum Gasteiger partial charge on any atom is -0.435 e. The Morgan fingerprint density at radius 3 is 2.20 bits per heavy atom. The Labute approximate surface area is 175 Å². The molecule has 30 heavy (non-hydrogen) atoms. The zero-order chi connectivity index (χ0) is 22.5. The van der Waals surface area contributed by atoms with E-state index >= 15 is 0 Å². The largest absolute Gasteiger partial charge is 0.435 e. The highest BCUT2D eigenvalue weighted by Crippen LogP contribution is 2.21. The Kier molecular flexibility index (Phi) is 7.91. The van der Waals surface area contributed by atoms with E-state index < -0.39 is 16.6 Å². The molecule has 0 heterocycles. The predicted molar refractivity (Wildman–Crippen MR) is 110 cm³/mol. The average molecular weight is 441 g/mol. The molecule has 0 aliphatic rings. The van der Waals surface area contributed by atoms with E-state index in [1.54, 1.807) is 45.2 Å². The number of rotatable bonds is 9. The Bertz CT molecular complexity index is 970. The number of nitrogens with one attached hydrogen (secondary N) is 1. The number of halogens is 2. The van der Waals surface area contributed by atoms with Gasteiger partial charge in [0.2, 0.25) is 15.9 Å². The molecule has 6 nitrogen and oxygen atoms in total. The van der Waals surface area contributed by atoms with E-state index in [0.717, 1.165) is 11.1 Å². The minimum absolute atomic E-state index is 0.00767. The second kappa shape index (κ2) is 9.99. The summed E-state index contributed by atoms with van der Waals surface area (Å²) in [5.41, 5.74) is 3.03. The van der Waals surface area contributed by atoms with Gasteiger partial charge in [0.15, 0.2) is 0 Å². The van der Waals surface area contributed by atoms with Crippen molar-refractivity contribution < 1.29 is 26.7 Å². The summed E-state index contributed by atoms with van der Waals surface area (Å²) < 4.78 is 56.4. The number of nitrogens with zero attached hydrogens (tertiary/aromatic N) is 1. The third-order valence-electron chi connectivity index (χ3n) is 4.50. The quantitative estimate of drug-likeness (QED) is 0.647. The van der Waals surface area contributed by atoms with Crippen LogP contribution in [0.15, 0.2) is 41.3 Å². The van der Waals surface area contributed by atoms with Gasteiger partial charge in [-0.15, -0.1) is 0 Å². The summed E-state index contributed by atoms with van der Waals surface area (Å²) in [6.07, 6.45) is -0.00767. The summed E-state index contributed by atoms with van der Waals surface area (Å²) in [5, 5.41) is 0. The van der Waals surface area contributed by atoms with Gasteiger partial charge in [-0.3, -0.25) is 4.79 Å². The van der Waals surface area contributed by atoms with Crippen LogP contribution in [0, 0.1) is 20.8 Å². The van der Waals surface area contributed by atoms with E-state index in [4.69, 9.17) is 0 Å². The van der Waals surface area contributed by atoms with Crippen LogP contribution in [0.2, 0.25) is 0 Å². The second-order valence-corrected chi connectivity index (χ2v) is 8.85. The maximum absolute atomic E-state index is 12.6. The van der Waals surface area contributed by atoms with Gasteiger partial charge < -0.3 is 9.64 Å². The van der Waals surface area contributed by atoms with Gasteiger partial charge in [0.1, 0.15) is 5.75 Å². The normalized spacial score (nSPS) is 11.6. The van der Waals surface area contributed by atoms with Crippen LogP contribution in [-0.4, -0.2) is 39.4 Å². The number of aryl methyl sites for hydroxylation is 3. The topological polar surface area (TPSA) is 75.7 Å². The lowest BCUT2D eigenvalue weighted by molar-refractivity contribution is -0.130. The molecule has 1 N–H and O–H groups in total. The Morgan fingerprint density at radius 2 is 1.67 bits per heavy atom. The molecule has 164 valence electrons. The monoisotopic (exact) mass is 440 g/mol. The summed E-state index contributed by atoms with van der Waals surface area (Å²) in [6.45, 7) is 2.72. The molecule has 2 aromatic carbocycles. The van der Waals surface area contributed by atoms with Crippen molar-refractivity contribution in [3.63, 3.8) is 0 Å². The third kappa shape index (κ3) is 6.50. The molecule has 1 amide bonds. The molecule has 0 fully saturated rings. The van der Waals surface area contributed by atoms with E-state index in [1.807, 2.05) is 6.92 Å².